The van der Waals surface area contributed by atoms with Crippen molar-refractivity contribution in [2.45, 2.75) is 6.54 Å². The standard InChI is InChI=1S/C10H9N5/c11-4-8-1-2-10(9(3-8)5-12)15-7-13-6-14-15/h1-3,6-7H,4,11H2. The summed E-state index contributed by atoms with van der Waals surface area (Å²) >= 11 is 0. The zero-order valence-electron chi connectivity index (χ0n) is 7.96. The van der Waals surface area contributed by atoms with Crippen LogP contribution in [0.1, 0.15) is 11.1 Å². The lowest BCUT2D eigenvalue weighted by atomic mass is 10.1. The lowest BCUT2D eigenvalue weighted by Crippen LogP contribution is -2.01. The maximum atomic E-state index is 8.98. The highest BCUT2D eigenvalue weighted by Gasteiger charge is 2.05. The van der Waals surface area contributed by atoms with E-state index in [2.05, 4.69) is 16.2 Å². The molecule has 0 aliphatic carbocycles. The summed E-state index contributed by atoms with van der Waals surface area (Å²) in [5.74, 6) is 0. The summed E-state index contributed by atoms with van der Waals surface area (Å²) in [6.45, 7) is 0.423. The predicted molar refractivity (Wildman–Crippen MR) is 54.0 cm³/mol. The topological polar surface area (TPSA) is 80.5 Å². The normalized spacial score (nSPS) is 9.87. The number of nitrogens with two attached hydrogens (primary N) is 1. The van der Waals surface area contributed by atoms with E-state index in [4.69, 9.17) is 11.0 Å². The molecule has 0 radical (unpaired) electrons. The molecule has 0 atom stereocenters. The highest BCUT2D eigenvalue weighted by Crippen LogP contribution is 2.14. The molecule has 2 rings (SSSR count). The quantitative estimate of drug-likeness (QED) is 0.767. The van der Waals surface area contributed by atoms with E-state index in [9.17, 15) is 0 Å². The molecule has 0 unspecified atom stereocenters. The summed E-state index contributed by atoms with van der Waals surface area (Å²) < 4.78 is 1.55. The van der Waals surface area contributed by atoms with Crippen molar-refractivity contribution >= 4 is 0 Å². The third-order valence-electron chi connectivity index (χ3n) is 2.08. The first-order chi connectivity index (χ1) is 7.35. The van der Waals surface area contributed by atoms with Gasteiger partial charge in [-0.25, -0.2) is 9.67 Å². The van der Waals surface area contributed by atoms with Gasteiger partial charge in [0.2, 0.25) is 0 Å². The van der Waals surface area contributed by atoms with Crippen LogP contribution in [-0.2, 0) is 6.54 Å². The van der Waals surface area contributed by atoms with Gasteiger partial charge in [0.05, 0.1) is 11.3 Å². The van der Waals surface area contributed by atoms with E-state index in [0.717, 1.165) is 5.56 Å². The van der Waals surface area contributed by atoms with Gasteiger partial charge in [-0.15, -0.1) is 0 Å². The van der Waals surface area contributed by atoms with Gasteiger partial charge in [-0.05, 0) is 17.7 Å². The van der Waals surface area contributed by atoms with Crippen molar-refractivity contribution in [3.8, 4) is 11.8 Å². The zero-order chi connectivity index (χ0) is 10.7. The van der Waals surface area contributed by atoms with Gasteiger partial charge >= 0.3 is 0 Å². The molecule has 0 aliphatic heterocycles. The average Bonchev–Trinajstić information content (AvgIpc) is 2.81. The molecule has 1 heterocycles. The van der Waals surface area contributed by atoms with E-state index < -0.39 is 0 Å². The Kier molecular flexibility index (Phi) is 2.44. The first kappa shape index (κ1) is 9.37. The molecule has 15 heavy (non-hydrogen) atoms. The van der Waals surface area contributed by atoms with Gasteiger partial charge in [-0.2, -0.15) is 10.4 Å². The molecule has 0 bridgehead atoms. The monoisotopic (exact) mass is 199 g/mol. The van der Waals surface area contributed by atoms with Crippen LogP contribution in [0.15, 0.2) is 30.9 Å². The fraction of sp³-hybridized carbons (Fsp3) is 0.100. The Balaban J connectivity index is 2.54. The van der Waals surface area contributed by atoms with Crippen molar-refractivity contribution in [2.24, 2.45) is 5.73 Å². The fourth-order valence-corrected chi connectivity index (χ4v) is 1.33. The van der Waals surface area contributed by atoms with E-state index in [1.807, 2.05) is 12.1 Å². The van der Waals surface area contributed by atoms with Crippen LogP contribution < -0.4 is 5.73 Å². The second kappa shape index (κ2) is 3.90. The minimum absolute atomic E-state index is 0.423. The van der Waals surface area contributed by atoms with Gasteiger partial charge < -0.3 is 5.73 Å². The van der Waals surface area contributed by atoms with Crippen LogP contribution >= 0.6 is 0 Å². The maximum Gasteiger partial charge on any atom is 0.138 e. The summed E-state index contributed by atoms with van der Waals surface area (Å²) in [5, 5.41) is 13.0. The molecule has 1 aromatic carbocycles. The maximum absolute atomic E-state index is 8.98. The largest absolute Gasteiger partial charge is 0.326 e. The number of nitrogens with zero attached hydrogens (tertiary/aromatic N) is 4. The molecule has 5 nitrogen and oxygen atoms in total. The van der Waals surface area contributed by atoms with Gasteiger partial charge in [0.25, 0.3) is 0 Å². The molecule has 2 N–H and O–H groups in total. The van der Waals surface area contributed by atoms with Crippen LogP contribution in [0.5, 0.6) is 0 Å². The molecular weight excluding hydrogens is 190 g/mol. The number of rotatable bonds is 2. The summed E-state index contributed by atoms with van der Waals surface area (Å²) in [6.07, 6.45) is 2.98. The van der Waals surface area contributed by atoms with Gasteiger partial charge in [0, 0.05) is 6.54 Å². The summed E-state index contributed by atoms with van der Waals surface area (Å²) in [4.78, 5) is 3.83. The molecule has 0 amide bonds. The number of hydrogen-bond acceptors (Lipinski definition) is 4. The van der Waals surface area contributed by atoms with Crippen molar-refractivity contribution in [3.63, 3.8) is 0 Å². The minimum atomic E-state index is 0.423. The Bertz CT molecular complexity index is 495. The van der Waals surface area contributed by atoms with Crippen LogP contribution in [0.2, 0.25) is 0 Å². The Labute approximate surface area is 86.8 Å². The van der Waals surface area contributed by atoms with Crippen molar-refractivity contribution in [3.05, 3.63) is 42.0 Å². The van der Waals surface area contributed by atoms with E-state index >= 15 is 0 Å². The lowest BCUT2D eigenvalue weighted by molar-refractivity contribution is 0.873. The Hall–Kier alpha value is -2.19. The highest BCUT2D eigenvalue weighted by molar-refractivity contribution is 5.49. The Morgan fingerprint density at radius 3 is 2.93 bits per heavy atom. The van der Waals surface area contributed by atoms with Crippen LogP contribution in [0.25, 0.3) is 5.69 Å². The first-order valence-corrected chi connectivity index (χ1v) is 4.43. The number of aromatic nitrogens is 3. The lowest BCUT2D eigenvalue weighted by Gasteiger charge is -2.04. The third kappa shape index (κ3) is 1.71. The van der Waals surface area contributed by atoms with E-state index in [0.29, 0.717) is 17.8 Å². The number of hydrogen-bond donors (Lipinski definition) is 1. The van der Waals surface area contributed by atoms with Gasteiger partial charge in [0.1, 0.15) is 18.7 Å². The van der Waals surface area contributed by atoms with Crippen molar-refractivity contribution in [1.29, 1.82) is 5.26 Å². The van der Waals surface area contributed by atoms with Crippen molar-refractivity contribution < 1.29 is 0 Å². The second-order valence-corrected chi connectivity index (χ2v) is 3.01. The van der Waals surface area contributed by atoms with Crippen LogP contribution in [-0.4, -0.2) is 14.8 Å². The van der Waals surface area contributed by atoms with Crippen LogP contribution in [0, 0.1) is 11.3 Å². The van der Waals surface area contributed by atoms with Gasteiger partial charge in [-0.3, -0.25) is 0 Å². The molecule has 0 saturated heterocycles. The van der Waals surface area contributed by atoms with E-state index in [1.165, 1.54) is 6.33 Å². The summed E-state index contributed by atoms with van der Waals surface area (Å²) in [5.41, 5.74) is 7.68. The number of nitriles is 1. The number of benzene rings is 1. The molecule has 0 spiro atoms. The predicted octanol–water partition coefficient (Wildman–Crippen LogP) is 0.598. The molecular formula is C10H9N5. The first-order valence-electron chi connectivity index (χ1n) is 4.43. The minimum Gasteiger partial charge on any atom is -0.326 e. The Morgan fingerprint density at radius 2 is 2.33 bits per heavy atom. The highest BCUT2D eigenvalue weighted by atomic mass is 15.3. The zero-order valence-corrected chi connectivity index (χ0v) is 7.96. The summed E-state index contributed by atoms with van der Waals surface area (Å²) in [6, 6.07) is 7.56. The molecule has 74 valence electrons. The molecule has 5 heteroatoms. The van der Waals surface area contributed by atoms with Crippen LogP contribution in [0.4, 0.5) is 0 Å². The molecule has 1 aromatic heterocycles. The fourth-order valence-electron chi connectivity index (χ4n) is 1.33. The Morgan fingerprint density at radius 1 is 1.47 bits per heavy atom. The van der Waals surface area contributed by atoms with Crippen LogP contribution in [0.3, 0.4) is 0 Å². The van der Waals surface area contributed by atoms with E-state index in [1.54, 1.807) is 17.1 Å². The van der Waals surface area contributed by atoms with Gasteiger partial charge in [0.15, 0.2) is 0 Å². The van der Waals surface area contributed by atoms with Crippen molar-refractivity contribution in [1.82, 2.24) is 14.8 Å². The second-order valence-electron chi connectivity index (χ2n) is 3.01. The molecule has 0 aliphatic rings. The van der Waals surface area contributed by atoms with Gasteiger partial charge in [-0.1, -0.05) is 6.07 Å². The third-order valence-corrected chi connectivity index (χ3v) is 2.08. The summed E-state index contributed by atoms with van der Waals surface area (Å²) in [7, 11) is 0. The van der Waals surface area contributed by atoms with E-state index in [-0.39, 0.29) is 0 Å². The van der Waals surface area contributed by atoms with Crippen molar-refractivity contribution in [2.75, 3.05) is 0 Å². The molecule has 2 aromatic rings. The average molecular weight is 199 g/mol. The molecule has 0 saturated carbocycles. The molecule has 0 fully saturated rings. The SMILES string of the molecule is N#Cc1cc(CN)ccc1-n1cncn1. The smallest absolute Gasteiger partial charge is 0.138 e.